The van der Waals surface area contributed by atoms with Gasteiger partial charge >= 0.3 is 0 Å². The van der Waals surface area contributed by atoms with E-state index in [1.165, 1.54) is 0 Å². The van der Waals surface area contributed by atoms with E-state index in [4.69, 9.17) is 5.73 Å². The van der Waals surface area contributed by atoms with Gasteiger partial charge in [-0.1, -0.05) is 0 Å². The normalized spacial score (nSPS) is 49.1. The monoisotopic (exact) mass is 154 g/mol. The number of nitrogens with two attached hydrogens (primary N) is 1. The van der Waals surface area contributed by atoms with Crippen LogP contribution in [0.1, 0.15) is 26.2 Å². The highest BCUT2D eigenvalue weighted by atomic mass is 16.2. The van der Waals surface area contributed by atoms with Crippen molar-refractivity contribution in [3.8, 4) is 0 Å². The van der Waals surface area contributed by atoms with Crippen LogP contribution in [0.2, 0.25) is 0 Å². The third kappa shape index (κ3) is 0.948. The van der Waals surface area contributed by atoms with Crippen LogP contribution in [0.25, 0.3) is 0 Å². The number of hydrogen-bond donors (Lipinski definition) is 2. The first-order valence-electron chi connectivity index (χ1n) is 4.18. The first-order chi connectivity index (χ1) is 5.11. The molecule has 2 aliphatic rings. The predicted molar refractivity (Wildman–Crippen MR) is 41.9 cm³/mol. The third-order valence-electron chi connectivity index (χ3n) is 2.98. The van der Waals surface area contributed by atoms with Crippen molar-refractivity contribution in [2.45, 2.75) is 37.8 Å². The molecule has 1 heterocycles. The van der Waals surface area contributed by atoms with Crippen LogP contribution in [-0.2, 0) is 4.79 Å². The summed E-state index contributed by atoms with van der Waals surface area (Å²) in [5, 5.41) is 3.00. The maximum atomic E-state index is 11.3. The van der Waals surface area contributed by atoms with Gasteiger partial charge in [-0.3, -0.25) is 4.79 Å². The summed E-state index contributed by atoms with van der Waals surface area (Å²) < 4.78 is 0. The van der Waals surface area contributed by atoms with E-state index in [0.29, 0.717) is 0 Å². The van der Waals surface area contributed by atoms with Gasteiger partial charge in [-0.25, -0.2) is 0 Å². The molecule has 3 N–H and O–H groups in total. The van der Waals surface area contributed by atoms with Gasteiger partial charge in [0.1, 0.15) is 0 Å². The lowest BCUT2D eigenvalue weighted by Gasteiger charge is -2.30. The number of rotatable bonds is 0. The van der Waals surface area contributed by atoms with Crippen LogP contribution in [0, 0.1) is 5.92 Å². The van der Waals surface area contributed by atoms with E-state index in [-0.39, 0.29) is 23.4 Å². The Kier molecular flexibility index (Phi) is 1.27. The third-order valence-corrected chi connectivity index (χ3v) is 2.98. The van der Waals surface area contributed by atoms with E-state index in [1.807, 2.05) is 0 Å². The van der Waals surface area contributed by atoms with E-state index < -0.39 is 0 Å². The molecule has 2 rings (SSSR count). The molecule has 3 heteroatoms. The average molecular weight is 154 g/mol. The summed E-state index contributed by atoms with van der Waals surface area (Å²) in [4.78, 5) is 11.3. The molecule has 1 aliphatic carbocycles. The molecule has 0 aromatic carbocycles. The molecular weight excluding hydrogens is 140 g/mol. The van der Waals surface area contributed by atoms with Gasteiger partial charge < -0.3 is 11.1 Å². The molecule has 1 aliphatic heterocycles. The molecule has 62 valence electrons. The second kappa shape index (κ2) is 1.97. The second-order valence-electron chi connectivity index (χ2n) is 4.06. The van der Waals surface area contributed by atoms with Crippen LogP contribution >= 0.6 is 0 Å². The molecule has 0 unspecified atom stereocenters. The first kappa shape index (κ1) is 7.10. The molecule has 0 spiro atoms. The van der Waals surface area contributed by atoms with Crippen LogP contribution in [0.4, 0.5) is 0 Å². The van der Waals surface area contributed by atoms with Crippen LogP contribution in [0.5, 0.6) is 0 Å². The van der Waals surface area contributed by atoms with Gasteiger partial charge in [0.15, 0.2) is 0 Å². The molecule has 2 fully saturated rings. The van der Waals surface area contributed by atoms with Crippen molar-refractivity contribution >= 4 is 5.91 Å². The second-order valence-corrected chi connectivity index (χ2v) is 4.06. The number of amides is 1. The topological polar surface area (TPSA) is 55.1 Å². The molecule has 0 aromatic heterocycles. The van der Waals surface area contributed by atoms with Crippen molar-refractivity contribution < 1.29 is 4.79 Å². The molecule has 1 saturated heterocycles. The fraction of sp³-hybridized carbons (Fsp3) is 0.875. The van der Waals surface area contributed by atoms with Crippen LogP contribution in [0.15, 0.2) is 0 Å². The molecule has 3 atom stereocenters. The minimum atomic E-state index is 0.0671. The summed E-state index contributed by atoms with van der Waals surface area (Å²) >= 11 is 0. The zero-order valence-corrected chi connectivity index (χ0v) is 6.76. The molecule has 0 aromatic rings. The molecular formula is C8H14N2O. The Bertz CT molecular complexity index is 204. The van der Waals surface area contributed by atoms with Gasteiger partial charge in [0, 0.05) is 11.6 Å². The highest BCUT2D eigenvalue weighted by molar-refractivity contribution is 5.83. The number of carbonyl (C=O) groups excluding carboxylic acids is 1. The Morgan fingerprint density at radius 1 is 1.73 bits per heavy atom. The SMILES string of the molecule is C[C@]12CC[C@H](N)[C@H](C1)C(=O)N2. The standard InChI is InChI=1S/C8H14N2O/c1-8-3-2-6(9)5(4-8)7(11)10-8/h5-6H,2-4,9H2,1H3,(H,10,11)/t5-,6-,8-/m0/s1. The van der Waals surface area contributed by atoms with Crippen molar-refractivity contribution in [3.63, 3.8) is 0 Å². The fourth-order valence-electron chi connectivity index (χ4n) is 2.22. The van der Waals surface area contributed by atoms with E-state index in [9.17, 15) is 4.79 Å². The first-order valence-corrected chi connectivity index (χ1v) is 4.18. The van der Waals surface area contributed by atoms with Gasteiger partial charge in [-0.05, 0) is 26.2 Å². The Morgan fingerprint density at radius 2 is 2.45 bits per heavy atom. The largest absolute Gasteiger partial charge is 0.351 e. The summed E-state index contributed by atoms with van der Waals surface area (Å²) in [7, 11) is 0. The van der Waals surface area contributed by atoms with E-state index in [2.05, 4.69) is 12.2 Å². The molecule has 0 radical (unpaired) electrons. The molecule has 11 heavy (non-hydrogen) atoms. The van der Waals surface area contributed by atoms with Crippen molar-refractivity contribution in [2.24, 2.45) is 11.7 Å². The van der Waals surface area contributed by atoms with Gasteiger partial charge in [0.05, 0.1) is 5.92 Å². The van der Waals surface area contributed by atoms with E-state index in [1.54, 1.807) is 0 Å². The molecule has 1 saturated carbocycles. The Morgan fingerprint density at radius 3 is 3.09 bits per heavy atom. The zero-order valence-electron chi connectivity index (χ0n) is 6.76. The number of carbonyl (C=O) groups is 1. The van der Waals surface area contributed by atoms with Crippen molar-refractivity contribution in [3.05, 3.63) is 0 Å². The lowest BCUT2D eigenvalue weighted by atomic mass is 9.79. The van der Waals surface area contributed by atoms with Gasteiger partial charge in [-0.2, -0.15) is 0 Å². The minimum absolute atomic E-state index is 0.0671. The smallest absolute Gasteiger partial charge is 0.225 e. The van der Waals surface area contributed by atoms with E-state index in [0.717, 1.165) is 19.3 Å². The maximum Gasteiger partial charge on any atom is 0.225 e. The van der Waals surface area contributed by atoms with Gasteiger partial charge in [-0.15, -0.1) is 0 Å². The highest BCUT2D eigenvalue weighted by Gasteiger charge is 2.46. The number of hydrogen-bond acceptors (Lipinski definition) is 2. The number of nitrogens with one attached hydrogen (secondary N) is 1. The summed E-state index contributed by atoms with van der Waals surface area (Å²) in [6, 6.07) is 0.102. The quantitative estimate of drug-likeness (QED) is 0.516. The fourth-order valence-corrected chi connectivity index (χ4v) is 2.22. The van der Waals surface area contributed by atoms with Gasteiger partial charge in [0.2, 0.25) is 5.91 Å². The van der Waals surface area contributed by atoms with Crippen molar-refractivity contribution in [1.82, 2.24) is 5.32 Å². The molecule has 2 bridgehead atoms. The summed E-state index contributed by atoms with van der Waals surface area (Å²) in [6.45, 7) is 2.11. The highest BCUT2D eigenvalue weighted by Crippen LogP contribution is 2.36. The Balaban J connectivity index is 2.24. The van der Waals surface area contributed by atoms with Crippen molar-refractivity contribution in [2.75, 3.05) is 0 Å². The molecule has 3 nitrogen and oxygen atoms in total. The molecule has 1 amide bonds. The maximum absolute atomic E-state index is 11.3. The summed E-state index contributed by atoms with van der Waals surface area (Å²) in [5.74, 6) is 0.256. The van der Waals surface area contributed by atoms with Gasteiger partial charge in [0.25, 0.3) is 0 Å². The predicted octanol–water partition coefficient (Wildman–Crippen LogP) is 0.00230. The Labute approximate surface area is 66.3 Å². The summed E-state index contributed by atoms with van der Waals surface area (Å²) in [6.07, 6.45) is 2.96. The van der Waals surface area contributed by atoms with Crippen molar-refractivity contribution in [1.29, 1.82) is 0 Å². The van der Waals surface area contributed by atoms with Crippen LogP contribution < -0.4 is 11.1 Å². The lowest BCUT2D eigenvalue weighted by molar-refractivity contribution is -0.122. The Hall–Kier alpha value is -0.570. The lowest BCUT2D eigenvalue weighted by Crippen LogP contribution is -2.40. The zero-order chi connectivity index (χ0) is 8.06. The summed E-state index contributed by atoms with van der Waals surface area (Å²) in [5.41, 5.74) is 5.87. The minimum Gasteiger partial charge on any atom is -0.351 e. The van der Waals surface area contributed by atoms with Crippen LogP contribution in [0.3, 0.4) is 0 Å². The average Bonchev–Trinajstić information content (AvgIpc) is 2.18. The number of fused-ring (bicyclic) bond motifs is 2. The van der Waals surface area contributed by atoms with Crippen LogP contribution in [-0.4, -0.2) is 17.5 Å². The van der Waals surface area contributed by atoms with E-state index >= 15 is 0 Å².